The highest BCUT2D eigenvalue weighted by molar-refractivity contribution is 5.62. The van der Waals surface area contributed by atoms with Crippen molar-refractivity contribution in [1.82, 2.24) is 9.66 Å². The van der Waals surface area contributed by atoms with Crippen LogP contribution in [-0.4, -0.2) is 16.4 Å². The first-order valence-electron chi connectivity index (χ1n) is 8.14. The molecule has 0 spiro atoms. The summed E-state index contributed by atoms with van der Waals surface area (Å²) in [6.45, 7) is 7.72. The lowest BCUT2D eigenvalue weighted by Crippen LogP contribution is -1.95. The summed E-state index contributed by atoms with van der Waals surface area (Å²) in [7, 11) is 0. The summed E-state index contributed by atoms with van der Waals surface area (Å²) in [6, 6.07) is 14.8. The number of aromatic nitrogens is 2. The van der Waals surface area contributed by atoms with Gasteiger partial charge in [-0.15, -0.1) is 0 Å². The fourth-order valence-corrected chi connectivity index (χ4v) is 2.67. The number of allylic oxidation sites excluding steroid dienone is 1. The molecule has 3 rings (SSSR count). The van der Waals surface area contributed by atoms with E-state index in [4.69, 9.17) is 0 Å². The van der Waals surface area contributed by atoms with Crippen LogP contribution in [0.5, 0.6) is 0 Å². The predicted molar refractivity (Wildman–Crippen MR) is 101 cm³/mol. The summed E-state index contributed by atoms with van der Waals surface area (Å²) in [5.41, 5.74) is 4.03. The van der Waals surface area contributed by atoms with Crippen LogP contribution >= 0.6 is 0 Å². The number of rotatable bonds is 5. The van der Waals surface area contributed by atoms with Crippen molar-refractivity contribution < 1.29 is 4.39 Å². The predicted octanol–water partition coefficient (Wildman–Crippen LogP) is 5.28. The molecule has 0 aliphatic rings. The summed E-state index contributed by atoms with van der Waals surface area (Å²) in [5.74, 6) is 0.524. The van der Waals surface area contributed by atoms with Crippen LogP contribution in [0.3, 0.4) is 0 Å². The third kappa shape index (κ3) is 3.74. The number of hydrogen-bond donors (Lipinski definition) is 0. The van der Waals surface area contributed by atoms with E-state index in [0.717, 1.165) is 16.8 Å². The molecule has 0 fully saturated rings. The molecule has 0 aliphatic carbocycles. The van der Waals surface area contributed by atoms with Crippen molar-refractivity contribution >= 4 is 12.8 Å². The molecule has 0 N–H and O–H groups in total. The fraction of sp³-hybridized carbons (Fsp3) is 0.143. The van der Waals surface area contributed by atoms with Crippen molar-refractivity contribution in [3.63, 3.8) is 0 Å². The van der Waals surface area contributed by atoms with Gasteiger partial charge < -0.3 is 0 Å². The summed E-state index contributed by atoms with van der Waals surface area (Å²) < 4.78 is 15.1. The molecule has 25 heavy (non-hydrogen) atoms. The summed E-state index contributed by atoms with van der Waals surface area (Å²) >= 11 is 0. The van der Waals surface area contributed by atoms with Crippen LogP contribution in [0, 0.1) is 12.7 Å². The molecule has 0 saturated carbocycles. The second-order valence-electron chi connectivity index (χ2n) is 6.02. The van der Waals surface area contributed by atoms with E-state index in [0.29, 0.717) is 5.82 Å². The zero-order valence-corrected chi connectivity index (χ0v) is 14.4. The van der Waals surface area contributed by atoms with Gasteiger partial charge in [0.15, 0.2) is 5.82 Å². The van der Waals surface area contributed by atoms with Gasteiger partial charge in [-0.1, -0.05) is 55.0 Å². The quantitative estimate of drug-likeness (QED) is 0.584. The van der Waals surface area contributed by atoms with Gasteiger partial charge in [-0.2, -0.15) is 5.10 Å². The van der Waals surface area contributed by atoms with Crippen molar-refractivity contribution in [3.05, 3.63) is 83.6 Å². The molecule has 1 heterocycles. The Morgan fingerprint density at radius 3 is 2.64 bits per heavy atom. The van der Waals surface area contributed by atoms with Crippen molar-refractivity contribution in [3.8, 4) is 11.3 Å². The van der Waals surface area contributed by atoms with Gasteiger partial charge >= 0.3 is 0 Å². The van der Waals surface area contributed by atoms with Gasteiger partial charge in [-0.25, -0.2) is 14.1 Å². The van der Waals surface area contributed by atoms with E-state index in [9.17, 15) is 4.39 Å². The van der Waals surface area contributed by atoms with Gasteiger partial charge in [0.25, 0.3) is 0 Å². The minimum atomic E-state index is -0.228. The molecule has 1 atom stereocenters. The Bertz CT molecular complexity index is 907. The van der Waals surface area contributed by atoms with Gasteiger partial charge in [0.1, 0.15) is 5.82 Å². The molecule has 0 saturated heterocycles. The van der Waals surface area contributed by atoms with Crippen LogP contribution in [0.4, 0.5) is 4.39 Å². The molecule has 0 radical (unpaired) electrons. The molecule has 126 valence electrons. The SMILES string of the molecule is C=Nn1c(-c2ccc(C)cc2)cnc1/C=C\C(C)c1cccc(F)c1. The van der Waals surface area contributed by atoms with Crippen LogP contribution < -0.4 is 0 Å². The van der Waals surface area contributed by atoms with E-state index in [2.05, 4.69) is 35.9 Å². The second kappa shape index (κ2) is 7.26. The lowest BCUT2D eigenvalue weighted by Gasteiger charge is -2.07. The Morgan fingerprint density at radius 1 is 1.20 bits per heavy atom. The van der Waals surface area contributed by atoms with Crippen molar-refractivity contribution in [2.45, 2.75) is 19.8 Å². The third-order valence-electron chi connectivity index (χ3n) is 4.16. The molecule has 2 aromatic carbocycles. The fourth-order valence-electron chi connectivity index (χ4n) is 2.67. The first kappa shape index (κ1) is 16.8. The summed E-state index contributed by atoms with van der Waals surface area (Å²) in [6.07, 6.45) is 5.66. The molecule has 4 heteroatoms. The molecular weight excluding hydrogens is 313 g/mol. The van der Waals surface area contributed by atoms with Crippen LogP contribution in [-0.2, 0) is 0 Å². The van der Waals surface area contributed by atoms with E-state index < -0.39 is 0 Å². The zero-order chi connectivity index (χ0) is 17.8. The number of aryl methyl sites for hydroxylation is 1. The first-order chi connectivity index (χ1) is 12.1. The standard InChI is InChI=1S/C21H20FN3/c1-15-7-10-17(11-8-15)20-14-24-21(25(20)23-3)12-9-16(2)18-5-4-6-19(22)13-18/h4-14,16H,3H2,1-2H3/b12-9-. The molecule has 3 nitrogen and oxygen atoms in total. The largest absolute Gasteiger partial charge is 0.235 e. The lowest BCUT2D eigenvalue weighted by molar-refractivity contribution is 0.624. The first-order valence-corrected chi connectivity index (χ1v) is 8.14. The molecule has 1 unspecified atom stereocenters. The molecule has 0 aliphatic heterocycles. The Labute approximate surface area is 147 Å². The van der Waals surface area contributed by atoms with Crippen molar-refractivity contribution in [2.24, 2.45) is 5.10 Å². The van der Waals surface area contributed by atoms with E-state index >= 15 is 0 Å². The van der Waals surface area contributed by atoms with E-state index in [1.54, 1.807) is 23.0 Å². The smallest absolute Gasteiger partial charge is 0.153 e. The van der Waals surface area contributed by atoms with E-state index in [-0.39, 0.29) is 11.7 Å². The molecule has 3 aromatic rings. The Hall–Kier alpha value is -3.01. The van der Waals surface area contributed by atoms with Crippen molar-refractivity contribution in [1.29, 1.82) is 0 Å². The maximum absolute atomic E-state index is 13.4. The second-order valence-corrected chi connectivity index (χ2v) is 6.02. The molecular formula is C21H20FN3. The number of halogens is 1. The van der Waals surface area contributed by atoms with E-state index in [1.807, 2.05) is 37.3 Å². The molecule has 1 aromatic heterocycles. The minimum absolute atomic E-state index is 0.0634. The van der Waals surface area contributed by atoms with Crippen LogP contribution in [0.25, 0.3) is 17.3 Å². The van der Waals surface area contributed by atoms with E-state index in [1.165, 1.54) is 11.6 Å². The highest BCUT2D eigenvalue weighted by Gasteiger charge is 2.10. The average Bonchev–Trinajstić information content (AvgIpc) is 3.03. The van der Waals surface area contributed by atoms with Crippen LogP contribution in [0.2, 0.25) is 0 Å². The lowest BCUT2D eigenvalue weighted by atomic mass is 10.0. The zero-order valence-electron chi connectivity index (χ0n) is 14.4. The summed E-state index contributed by atoms with van der Waals surface area (Å²) in [4.78, 5) is 4.44. The number of hydrogen-bond acceptors (Lipinski definition) is 2. The van der Waals surface area contributed by atoms with Crippen LogP contribution in [0.15, 0.2) is 65.9 Å². The Kier molecular flexibility index (Phi) is 4.89. The maximum Gasteiger partial charge on any atom is 0.153 e. The third-order valence-corrected chi connectivity index (χ3v) is 4.16. The van der Waals surface area contributed by atoms with Gasteiger partial charge in [0.2, 0.25) is 0 Å². The topological polar surface area (TPSA) is 30.2 Å². The van der Waals surface area contributed by atoms with Crippen LogP contribution in [0.1, 0.15) is 29.8 Å². The average molecular weight is 333 g/mol. The Balaban J connectivity index is 1.88. The van der Waals surface area contributed by atoms with Gasteiger partial charge in [-0.05, 0) is 36.6 Å². The van der Waals surface area contributed by atoms with Gasteiger partial charge in [0.05, 0.1) is 11.9 Å². The highest BCUT2D eigenvalue weighted by Crippen LogP contribution is 2.23. The normalized spacial score (nSPS) is 12.4. The van der Waals surface area contributed by atoms with Gasteiger partial charge in [0, 0.05) is 12.3 Å². The van der Waals surface area contributed by atoms with Crippen molar-refractivity contribution in [2.75, 3.05) is 0 Å². The summed E-state index contributed by atoms with van der Waals surface area (Å²) in [5, 5.41) is 4.09. The number of nitrogens with zero attached hydrogens (tertiary/aromatic N) is 3. The molecule has 0 amide bonds. The monoisotopic (exact) mass is 333 g/mol. The van der Waals surface area contributed by atoms with Gasteiger partial charge in [-0.3, -0.25) is 0 Å². The Morgan fingerprint density at radius 2 is 1.96 bits per heavy atom. The minimum Gasteiger partial charge on any atom is -0.235 e. The number of benzene rings is 2. The highest BCUT2D eigenvalue weighted by atomic mass is 19.1. The number of imidazole rings is 1. The maximum atomic E-state index is 13.4. The molecule has 0 bridgehead atoms.